The molecule has 2 rings (SSSR count). The molecule has 0 bridgehead atoms. The van der Waals surface area contributed by atoms with Crippen molar-refractivity contribution >= 4 is 5.84 Å². The van der Waals surface area contributed by atoms with Crippen molar-refractivity contribution in [2.75, 3.05) is 13.1 Å². The molecule has 1 aliphatic carbocycles. The number of amidine groups is 1. The summed E-state index contributed by atoms with van der Waals surface area (Å²) in [4.78, 5) is 2.40. The van der Waals surface area contributed by atoms with Crippen LogP contribution in [0.3, 0.4) is 0 Å². The molecule has 1 aromatic rings. The Labute approximate surface area is 114 Å². The van der Waals surface area contributed by atoms with Gasteiger partial charge in [0.25, 0.3) is 0 Å². The highest BCUT2D eigenvalue weighted by Gasteiger charge is 2.27. The first-order chi connectivity index (χ1) is 9.11. The quantitative estimate of drug-likeness (QED) is 0.357. The highest BCUT2D eigenvalue weighted by Crippen LogP contribution is 2.35. The third kappa shape index (κ3) is 3.26. The molecule has 0 radical (unpaired) electrons. The van der Waals surface area contributed by atoms with Gasteiger partial charge in [-0.1, -0.05) is 29.4 Å². The van der Waals surface area contributed by atoms with Gasteiger partial charge in [0.1, 0.15) is 5.84 Å². The molecule has 0 saturated carbocycles. The minimum Gasteiger partial charge on any atom is -0.409 e. The SMILES string of the molecule is CC(C)N(CCC(N)=NO)CC1Cc2ccccc21. The van der Waals surface area contributed by atoms with Crippen LogP contribution in [0.25, 0.3) is 0 Å². The van der Waals surface area contributed by atoms with E-state index < -0.39 is 0 Å². The molecular formula is C15H23N3O. The first-order valence-corrected chi connectivity index (χ1v) is 6.90. The molecule has 0 spiro atoms. The van der Waals surface area contributed by atoms with Crippen LogP contribution in [0, 0.1) is 0 Å². The van der Waals surface area contributed by atoms with Crippen molar-refractivity contribution in [1.82, 2.24) is 4.90 Å². The number of hydrogen-bond acceptors (Lipinski definition) is 3. The summed E-state index contributed by atoms with van der Waals surface area (Å²) < 4.78 is 0. The monoisotopic (exact) mass is 261 g/mol. The molecule has 0 amide bonds. The maximum atomic E-state index is 8.60. The Morgan fingerprint density at radius 3 is 2.84 bits per heavy atom. The second-order valence-electron chi connectivity index (χ2n) is 5.53. The van der Waals surface area contributed by atoms with E-state index in [1.54, 1.807) is 0 Å². The van der Waals surface area contributed by atoms with Crippen molar-refractivity contribution in [3.05, 3.63) is 35.4 Å². The lowest BCUT2D eigenvalue weighted by atomic mass is 9.77. The lowest BCUT2D eigenvalue weighted by Crippen LogP contribution is -2.39. The highest BCUT2D eigenvalue weighted by atomic mass is 16.4. The van der Waals surface area contributed by atoms with E-state index >= 15 is 0 Å². The van der Waals surface area contributed by atoms with Crippen LogP contribution >= 0.6 is 0 Å². The summed E-state index contributed by atoms with van der Waals surface area (Å²) in [5, 5.41) is 11.6. The fourth-order valence-electron chi connectivity index (χ4n) is 2.68. The van der Waals surface area contributed by atoms with E-state index in [9.17, 15) is 0 Å². The lowest BCUT2D eigenvalue weighted by Gasteiger charge is -2.36. The Hall–Kier alpha value is -1.55. The zero-order chi connectivity index (χ0) is 13.8. The first kappa shape index (κ1) is 13.9. The van der Waals surface area contributed by atoms with Gasteiger partial charge in [-0.2, -0.15) is 0 Å². The summed E-state index contributed by atoms with van der Waals surface area (Å²) in [6.07, 6.45) is 1.78. The van der Waals surface area contributed by atoms with Crippen molar-refractivity contribution in [3.8, 4) is 0 Å². The van der Waals surface area contributed by atoms with Crippen LogP contribution in [0.2, 0.25) is 0 Å². The first-order valence-electron chi connectivity index (χ1n) is 6.90. The minimum absolute atomic E-state index is 0.305. The van der Waals surface area contributed by atoms with Gasteiger partial charge < -0.3 is 10.9 Å². The highest BCUT2D eigenvalue weighted by molar-refractivity contribution is 5.79. The minimum atomic E-state index is 0.305. The molecule has 0 aromatic heterocycles. The normalized spacial score (nSPS) is 18.5. The molecule has 1 aromatic carbocycles. The van der Waals surface area contributed by atoms with E-state index in [-0.39, 0.29) is 0 Å². The number of fused-ring (bicyclic) bond motifs is 1. The second kappa shape index (κ2) is 6.06. The van der Waals surface area contributed by atoms with Gasteiger partial charge >= 0.3 is 0 Å². The van der Waals surface area contributed by atoms with Crippen molar-refractivity contribution in [1.29, 1.82) is 0 Å². The number of oxime groups is 1. The zero-order valence-electron chi connectivity index (χ0n) is 11.7. The fraction of sp³-hybridized carbons (Fsp3) is 0.533. The smallest absolute Gasteiger partial charge is 0.140 e. The lowest BCUT2D eigenvalue weighted by molar-refractivity contribution is 0.205. The topological polar surface area (TPSA) is 61.8 Å². The summed E-state index contributed by atoms with van der Waals surface area (Å²) in [7, 11) is 0. The molecule has 0 saturated heterocycles. The van der Waals surface area contributed by atoms with Crippen LogP contribution in [0.1, 0.15) is 37.3 Å². The number of nitrogens with zero attached hydrogens (tertiary/aromatic N) is 2. The molecule has 19 heavy (non-hydrogen) atoms. The molecule has 0 aliphatic heterocycles. The second-order valence-corrected chi connectivity index (χ2v) is 5.53. The Morgan fingerprint density at radius 2 is 2.21 bits per heavy atom. The summed E-state index contributed by atoms with van der Waals surface area (Å²) in [6, 6.07) is 9.13. The molecule has 4 heteroatoms. The van der Waals surface area contributed by atoms with Crippen LogP contribution in [0.4, 0.5) is 0 Å². The van der Waals surface area contributed by atoms with Gasteiger partial charge in [0.2, 0.25) is 0 Å². The summed E-state index contributed by atoms with van der Waals surface area (Å²) in [6.45, 7) is 6.27. The molecule has 0 fully saturated rings. The molecule has 1 aliphatic rings. The average molecular weight is 261 g/mol. The van der Waals surface area contributed by atoms with Gasteiger partial charge in [-0.25, -0.2) is 0 Å². The molecule has 4 nitrogen and oxygen atoms in total. The van der Waals surface area contributed by atoms with Crippen molar-refractivity contribution in [2.45, 2.75) is 38.6 Å². The maximum Gasteiger partial charge on any atom is 0.140 e. The van der Waals surface area contributed by atoms with Crippen molar-refractivity contribution in [3.63, 3.8) is 0 Å². The predicted octanol–water partition coefficient (Wildman–Crippen LogP) is 2.17. The Balaban J connectivity index is 1.92. The summed E-state index contributed by atoms with van der Waals surface area (Å²) in [5.41, 5.74) is 8.51. The van der Waals surface area contributed by atoms with E-state index in [0.717, 1.165) is 13.1 Å². The maximum absolute atomic E-state index is 8.60. The van der Waals surface area contributed by atoms with Gasteiger partial charge in [0.15, 0.2) is 0 Å². The number of rotatable bonds is 6. The van der Waals surface area contributed by atoms with Gasteiger partial charge in [-0.3, -0.25) is 4.90 Å². The Kier molecular flexibility index (Phi) is 4.43. The van der Waals surface area contributed by atoms with Crippen LogP contribution in [-0.4, -0.2) is 35.1 Å². The molecular weight excluding hydrogens is 238 g/mol. The van der Waals surface area contributed by atoms with E-state index in [1.807, 2.05) is 0 Å². The van der Waals surface area contributed by atoms with E-state index in [4.69, 9.17) is 10.9 Å². The molecule has 1 unspecified atom stereocenters. The van der Waals surface area contributed by atoms with Gasteiger partial charge in [0, 0.05) is 31.5 Å². The molecule has 3 N–H and O–H groups in total. The largest absolute Gasteiger partial charge is 0.409 e. The van der Waals surface area contributed by atoms with Crippen LogP contribution < -0.4 is 5.73 Å². The van der Waals surface area contributed by atoms with Crippen molar-refractivity contribution in [2.24, 2.45) is 10.9 Å². The van der Waals surface area contributed by atoms with E-state index in [2.05, 4.69) is 48.2 Å². The van der Waals surface area contributed by atoms with E-state index in [0.29, 0.717) is 24.2 Å². The summed E-state index contributed by atoms with van der Waals surface area (Å²) >= 11 is 0. The Bertz CT molecular complexity index is 456. The third-order valence-electron chi connectivity index (χ3n) is 3.93. The average Bonchev–Trinajstić information content (AvgIpc) is 2.38. The van der Waals surface area contributed by atoms with Gasteiger partial charge in [0.05, 0.1) is 0 Å². The molecule has 104 valence electrons. The van der Waals surface area contributed by atoms with E-state index in [1.165, 1.54) is 17.5 Å². The molecule has 0 heterocycles. The van der Waals surface area contributed by atoms with Gasteiger partial charge in [-0.05, 0) is 31.4 Å². The number of nitrogens with two attached hydrogens (primary N) is 1. The van der Waals surface area contributed by atoms with Crippen molar-refractivity contribution < 1.29 is 5.21 Å². The summed E-state index contributed by atoms with van der Waals surface area (Å²) in [5.74, 6) is 0.936. The van der Waals surface area contributed by atoms with Crippen LogP contribution in [-0.2, 0) is 6.42 Å². The standard InChI is InChI=1S/C15H23N3O/c1-11(2)18(8-7-15(16)17-19)10-13-9-12-5-3-4-6-14(12)13/h3-6,11,13,19H,7-10H2,1-2H3,(H2,16,17). The van der Waals surface area contributed by atoms with Crippen LogP contribution in [0.15, 0.2) is 29.4 Å². The Morgan fingerprint density at radius 1 is 1.47 bits per heavy atom. The zero-order valence-corrected chi connectivity index (χ0v) is 11.7. The number of benzene rings is 1. The van der Waals surface area contributed by atoms with Crippen LogP contribution in [0.5, 0.6) is 0 Å². The number of hydrogen-bond donors (Lipinski definition) is 2. The molecule has 1 atom stereocenters. The predicted molar refractivity (Wildman–Crippen MR) is 77.6 cm³/mol. The fourth-order valence-corrected chi connectivity index (χ4v) is 2.68. The van der Waals surface area contributed by atoms with Gasteiger partial charge in [-0.15, -0.1) is 0 Å². The third-order valence-corrected chi connectivity index (χ3v) is 3.93.